The van der Waals surface area contributed by atoms with Gasteiger partial charge in [-0.05, 0) is 31.9 Å². The summed E-state index contributed by atoms with van der Waals surface area (Å²) in [6.45, 7) is 3.53. The number of hydrogen-bond donors (Lipinski definition) is 2. The number of nitrogens with zero attached hydrogens (tertiary/aromatic N) is 4. The normalized spacial score (nSPS) is 14.6. The van der Waals surface area contributed by atoms with E-state index >= 15 is 0 Å². The number of aromatic nitrogens is 3. The number of rotatable bonds is 7. The fourth-order valence-corrected chi connectivity index (χ4v) is 3.24. The molecule has 7 nitrogen and oxygen atoms in total. The first-order chi connectivity index (χ1) is 13.1. The van der Waals surface area contributed by atoms with Gasteiger partial charge in [-0.15, -0.1) is 34.2 Å². The van der Waals surface area contributed by atoms with Crippen LogP contribution in [-0.4, -0.2) is 39.9 Å². The molecule has 154 valence electrons. The molecular weight excluding hydrogens is 491 g/mol. The van der Waals surface area contributed by atoms with Crippen LogP contribution in [0.15, 0.2) is 29.3 Å². The van der Waals surface area contributed by atoms with E-state index in [9.17, 15) is 0 Å². The topological polar surface area (TPSA) is 76.4 Å². The van der Waals surface area contributed by atoms with Crippen molar-refractivity contribution < 1.29 is 4.74 Å². The Bertz CT molecular complexity index is 776. The van der Waals surface area contributed by atoms with Gasteiger partial charge in [0.25, 0.3) is 0 Å². The van der Waals surface area contributed by atoms with Crippen molar-refractivity contribution in [2.24, 2.45) is 12.0 Å². The van der Waals surface area contributed by atoms with Crippen LogP contribution in [0.5, 0.6) is 5.75 Å². The second-order valence-corrected chi connectivity index (χ2v) is 7.13. The van der Waals surface area contributed by atoms with E-state index in [2.05, 4.69) is 25.8 Å². The molecule has 3 rings (SSSR count). The summed E-state index contributed by atoms with van der Waals surface area (Å²) >= 11 is 6.12. The van der Waals surface area contributed by atoms with Gasteiger partial charge in [-0.2, -0.15) is 0 Å². The zero-order chi connectivity index (χ0) is 19.1. The lowest BCUT2D eigenvalue weighted by Crippen LogP contribution is -2.43. The first-order valence-electron chi connectivity index (χ1n) is 9.40. The third-order valence-electron chi connectivity index (χ3n) is 4.75. The van der Waals surface area contributed by atoms with E-state index < -0.39 is 0 Å². The zero-order valence-corrected chi connectivity index (χ0v) is 19.4. The summed E-state index contributed by atoms with van der Waals surface area (Å²) in [7, 11) is 1.95. The fraction of sp³-hybridized carbons (Fsp3) is 0.526. The molecule has 28 heavy (non-hydrogen) atoms. The molecule has 0 bridgehead atoms. The largest absolute Gasteiger partial charge is 0.490 e. The molecule has 2 N–H and O–H groups in total. The highest BCUT2D eigenvalue weighted by molar-refractivity contribution is 14.0. The summed E-state index contributed by atoms with van der Waals surface area (Å²) in [5, 5.41) is 15.7. The molecule has 0 atom stereocenters. The predicted octanol–water partition coefficient (Wildman–Crippen LogP) is 3.45. The highest BCUT2D eigenvalue weighted by Crippen LogP contribution is 2.22. The first-order valence-corrected chi connectivity index (χ1v) is 9.78. The van der Waals surface area contributed by atoms with Crippen molar-refractivity contribution in [3.05, 3.63) is 40.9 Å². The molecule has 1 saturated carbocycles. The summed E-state index contributed by atoms with van der Waals surface area (Å²) < 4.78 is 7.69. The highest BCUT2D eigenvalue weighted by atomic mass is 127. The predicted molar refractivity (Wildman–Crippen MR) is 123 cm³/mol. The average molecular weight is 519 g/mol. The summed E-state index contributed by atoms with van der Waals surface area (Å²) in [5.74, 6) is 3.20. The standard InChI is InChI=1S/C19H27ClN6O.HI/c1-14-24-25-18(26(14)2)13-22-19(23-15-7-3-4-8-15)21-11-12-27-17-10-6-5-9-16(17)20;/h5-6,9-10,15H,3-4,7-8,11-13H2,1-2H3,(H2,21,22,23);1H. The lowest BCUT2D eigenvalue weighted by atomic mass is 10.2. The zero-order valence-electron chi connectivity index (χ0n) is 16.3. The Morgan fingerprint density at radius 2 is 2.04 bits per heavy atom. The maximum atomic E-state index is 6.12. The molecule has 0 aliphatic heterocycles. The molecule has 1 heterocycles. The SMILES string of the molecule is Cc1nnc(CN=C(NCCOc2ccccc2Cl)NC2CCCC2)n1C.I. The second-order valence-electron chi connectivity index (χ2n) is 6.72. The van der Waals surface area contributed by atoms with Gasteiger partial charge in [-0.1, -0.05) is 36.6 Å². The van der Waals surface area contributed by atoms with Crippen molar-refractivity contribution in [1.29, 1.82) is 0 Å². The molecule has 0 radical (unpaired) electrons. The van der Waals surface area contributed by atoms with Crippen LogP contribution in [0.1, 0.15) is 37.3 Å². The van der Waals surface area contributed by atoms with Gasteiger partial charge in [0, 0.05) is 13.1 Å². The minimum Gasteiger partial charge on any atom is -0.490 e. The van der Waals surface area contributed by atoms with E-state index in [-0.39, 0.29) is 24.0 Å². The van der Waals surface area contributed by atoms with Crippen molar-refractivity contribution in [2.45, 2.75) is 45.2 Å². The molecule has 1 aliphatic rings. The lowest BCUT2D eigenvalue weighted by molar-refractivity contribution is 0.322. The molecule has 1 fully saturated rings. The second kappa shape index (κ2) is 11.5. The Hall–Kier alpha value is -1.55. The average Bonchev–Trinajstić information content (AvgIpc) is 3.29. The highest BCUT2D eigenvalue weighted by Gasteiger charge is 2.16. The number of guanidine groups is 1. The molecule has 0 amide bonds. The van der Waals surface area contributed by atoms with Crippen LogP contribution in [0.2, 0.25) is 5.02 Å². The number of nitrogens with one attached hydrogen (secondary N) is 2. The number of ether oxygens (including phenoxy) is 1. The minimum atomic E-state index is 0. The number of para-hydroxylation sites is 1. The van der Waals surface area contributed by atoms with Gasteiger partial charge < -0.3 is 19.9 Å². The van der Waals surface area contributed by atoms with Gasteiger partial charge in [-0.25, -0.2) is 4.99 Å². The minimum absolute atomic E-state index is 0. The molecule has 1 aromatic heterocycles. The van der Waals surface area contributed by atoms with Crippen molar-refractivity contribution in [2.75, 3.05) is 13.2 Å². The number of aryl methyl sites for hydroxylation is 1. The number of hydrogen-bond acceptors (Lipinski definition) is 4. The van der Waals surface area contributed by atoms with E-state index in [1.807, 2.05) is 42.8 Å². The molecule has 1 aliphatic carbocycles. The van der Waals surface area contributed by atoms with E-state index in [1.165, 1.54) is 25.7 Å². The van der Waals surface area contributed by atoms with Gasteiger partial charge in [0.1, 0.15) is 24.7 Å². The first kappa shape index (κ1) is 22.7. The summed E-state index contributed by atoms with van der Waals surface area (Å²) in [5.41, 5.74) is 0. The number of aliphatic imine (C=N–C) groups is 1. The van der Waals surface area contributed by atoms with E-state index in [0.29, 0.717) is 36.5 Å². The van der Waals surface area contributed by atoms with Gasteiger partial charge >= 0.3 is 0 Å². The Kier molecular flexibility index (Phi) is 9.30. The Balaban J connectivity index is 0.00000280. The fourth-order valence-electron chi connectivity index (χ4n) is 3.05. The van der Waals surface area contributed by atoms with Gasteiger partial charge in [0.05, 0.1) is 11.6 Å². The summed E-state index contributed by atoms with van der Waals surface area (Å²) in [4.78, 5) is 4.68. The molecule has 1 aromatic carbocycles. The Morgan fingerprint density at radius 3 is 2.71 bits per heavy atom. The van der Waals surface area contributed by atoms with Crippen LogP contribution in [0.4, 0.5) is 0 Å². The maximum Gasteiger partial charge on any atom is 0.192 e. The molecular formula is C19H28ClIN6O. The third-order valence-corrected chi connectivity index (χ3v) is 5.06. The maximum absolute atomic E-state index is 6.12. The quantitative estimate of drug-likeness (QED) is 0.254. The monoisotopic (exact) mass is 518 g/mol. The van der Waals surface area contributed by atoms with Gasteiger partial charge in [0.2, 0.25) is 0 Å². The van der Waals surface area contributed by atoms with Crippen molar-refractivity contribution in [3.8, 4) is 5.75 Å². The van der Waals surface area contributed by atoms with E-state index in [1.54, 1.807) is 0 Å². The molecule has 0 spiro atoms. The molecule has 0 saturated heterocycles. The van der Waals surface area contributed by atoms with Gasteiger partial charge in [0.15, 0.2) is 11.8 Å². The summed E-state index contributed by atoms with van der Waals surface area (Å²) in [6, 6.07) is 7.96. The smallest absolute Gasteiger partial charge is 0.192 e. The van der Waals surface area contributed by atoms with Gasteiger partial charge in [-0.3, -0.25) is 0 Å². The van der Waals surface area contributed by atoms with Crippen LogP contribution in [0.3, 0.4) is 0 Å². The summed E-state index contributed by atoms with van der Waals surface area (Å²) in [6.07, 6.45) is 4.89. The molecule has 0 unspecified atom stereocenters. The van der Waals surface area contributed by atoms with Crippen LogP contribution >= 0.6 is 35.6 Å². The van der Waals surface area contributed by atoms with Crippen LogP contribution in [-0.2, 0) is 13.6 Å². The van der Waals surface area contributed by atoms with Crippen molar-refractivity contribution in [3.63, 3.8) is 0 Å². The van der Waals surface area contributed by atoms with Crippen LogP contribution < -0.4 is 15.4 Å². The molecule has 9 heteroatoms. The Labute approximate surface area is 188 Å². The van der Waals surface area contributed by atoms with E-state index in [4.69, 9.17) is 16.3 Å². The number of benzene rings is 1. The van der Waals surface area contributed by atoms with E-state index in [0.717, 1.165) is 17.6 Å². The molecule has 2 aromatic rings. The lowest BCUT2D eigenvalue weighted by Gasteiger charge is -2.17. The van der Waals surface area contributed by atoms with Crippen LogP contribution in [0, 0.1) is 6.92 Å². The number of halogens is 2. The Morgan fingerprint density at radius 1 is 1.29 bits per heavy atom. The van der Waals surface area contributed by atoms with Crippen molar-refractivity contribution >= 4 is 41.5 Å². The van der Waals surface area contributed by atoms with Crippen LogP contribution in [0.25, 0.3) is 0 Å². The third kappa shape index (κ3) is 6.51. The van der Waals surface area contributed by atoms with Crippen molar-refractivity contribution in [1.82, 2.24) is 25.4 Å².